The molecule has 12 aromatic rings. The van der Waals surface area contributed by atoms with Crippen molar-refractivity contribution in [1.82, 2.24) is 9.97 Å². The molecule has 0 amide bonds. The molecule has 64 heavy (non-hydrogen) atoms. The Balaban J connectivity index is 1.10. The summed E-state index contributed by atoms with van der Waals surface area (Å²) in [7, 11) is 0. The number of benzene rings is 9. The maximum absolute atomic E-state index is 5.65. The van der Waals surface area contributed by atoms with Crippen LogP contribution in [0.25, 0.3) is 118 Å². The SMILES string of the molecule is C1=CC(c2c3ccccc3c(-c3ccccc3-c3ccccc3)c3ccccc23)=C(c2nc(-c3cccc4c3sc3ccccc34)cc(-c3cccc4c3sc3ccccc34)n2)CC1. The van der Waals surface area contributed by atoms with Crippen molar-refractivity contribution in [3.8, 4) is 44.8 Å². The fraction of sp³-hybridized carbons (Fsp3) is 0.0333. The first-order valence-electron chi connectivity index (χ1n) is 22.0. The zero-order valence-corrected chi connectivity index (χ0v) is 36.4. The number of hydrogen-bond acceptors (Lipinski definition) is 4. The molecule has 0 atom stereocenters. The molecule has 300 valence electrons. The van der Waals surface area contributed by atoms with Gasteiger partial charge in [-0.05, 0) is 86.0 Å². The van der Waals surface area contributed by atoms with Crippen LogP contribution in [0.4, 0.5) is 0 Å². The number of aromatic nitrogens is 2. The first kappa shape index (κ1) is 37.1. The van der Waals surface area contributed by atoms with E-state index in [0.717, 1.165) is 41.2 Å². The minimum atomic E-state index is 0.787. The molecule has 1 aliphatic carbocycles. The molecule has 0 bridgehead atoms. The Morgan fingerprint density at radius 3 is 1.41 bits per heavy atom. The summed E-state index contributed by atoms with van der Waals surface area (Å²) in [5, 5.41) is 9.99. The molecule has 0 N–H and O–H groups in total. The van der Waals surface area contributed by atoms with E-state index in [-0.39, 0.29) is 0 Å². The van der Waals surface area contributed by atoms with Gasteiger partial charge >= 0.3 is 0 Å². The summed E-state index contributed by atoms with van der Waals surface area (Å²) >= 11 is 3.70. The first-order chi connectivity index (χ1) is 31.8. The van der Waals surface area contributed by atoms with Gasteiger partial charge in [0, 0.05) is 57.0 Å². The summed E-state index contributed by atoms with van der Waals surface area (Å²) in [4.78, 5) is 11.3. The third-order valence-electron chi connectivity index (χ3n) is 13.0. The highest BCUT2D eigenvalue weighted by Gasteiger charge is 2.25. The van der Waals surface area contributed by atoms with E-state index in [9.17, 15) is 0 Å². The Bertz CT molecular complexity index is 3720. The molecule has 3 heterocycles. The van der Waals surface area contributed by atoms with Crippen LogP contribution in [0.5, 0.6) is 0 Å². The number of fused-ring (bicyclic) bond motifs is 8. The molecule has 0 aliphatic heterocycles. The Kier molecular flexibility index (Phi) is 8.75. The highest BCUT2D eigenvalue weighted by atomic mass is 32.1. The smallest absolute Gasteiger partial charge is 0.157 e. The van der Waals surface area contributed by atoms with Crippen LogP contribution in [-0.4, -0.2) is 9.97 Å². The lowest BCUT2D eigenvalue weighted by Crippen LogP contribution is -2.04. The standard InChI is InChI=1S/C60H38N2S2/c1-2-18-37(19-3-1)38-20-4-5-23-41(38)56-42-24-6-8-26-44(42)57(45-27-9-7-25-43(45)56)46-28-10-11-29-49(46)60-61-52(50-32-16-30-47-39-21-12-14-34-54(39)63-58(47)50)36-53(62-60)51-33-17-31-48-40-22-13-15-35-55(40)64-59(48)51/h1-10,12-28,30-36H,11,29H2. The quantitative estimate of drug-likeness (QED) is 0.156. The van der Waals surface area contributed by atoms with Gasteiger partial charge in [0.1, 0.15) is 0 Å². The van der Waals surface area contributed by atoms with E-state index in [1.807, 2.05) is 22.7 Å². The van der Waals surface area contributed by atoms with Gasteiger partial charge in [0.15, 0.2) is 5.82 Å². The number of allylic oxidation sites excluding steroid dienone is 4. The van der Waals surface area contributed by atoms with Gasteiger partial charge in [0.2, 0.25) is 0 Å². The van der Waals surface area contributed by atoms with E-state index in [4.69, 9.17) is 9.97 Å². The Morgan fingerprint density at radius 2 is 0.828 bits per heavy atom. The second-order valence-corrected chi connectivity index (χ2v) is 18.7. The van der Waals surface area contributed by atoms with Crippen molar-refractivity contribution < 1.29 is 0 Å². The largest absolute Gasteiger partial charge is 0.228 e. The van der Waals surface area contributed by atoms with Gasteiger partial charge in [-0.2, -0.15) is 0 Å². The van der Waals surface area contributed by atoms with Gasteiger partial charge in [0.25, 0.3) is 0 Å². The maximum atomic E-state index is 5.65. The highest BCUT2D eigenvalue weighted by molar-refractivity contribution is 7.26. The van der Waals surface area contributed by atoms with Gasteiger partial charge in [-0.3, -0.25) is 0 Å². The average Bonchev–Trinajstić information content (AvgIpc) is 3.95. The molecule has 0 fully saturated rings. The number of rotatable bonds is 6. The topological polar surface area (TPSA) is 25.8 Å². The molecule has 9 aromatic carbocycles. The van der Waals surface area contributed by atoms with Crippen molar-refractivity contribution in [2.45, 2.75) is 12.8 Å². The zero-order valence-electron chi connectivity index (χ0n) is 34.8. The third-order valence-corrected chi connectivity index (χ3v) is 15.4. The molecule has 3 aromatic heterocycles. The lowest BCUT2D eigenvalue weighted by atomic mass is 9.81. The van der Waals surface area contributed by atoms with Crippen LogP contribution in [0.3, 0.4) is 0 Å². The number of hydrogen-bond donors (Lipinski definition) is 0. The lowest BCUT2D eigenvalue weighted by molar-refractivity contribution is 1.01. The molecule has 0 spiro atoms. The van der Waals surface area contributed by atoms with Crippen molar-refractivity contribution >= 4 is 95.7 Å². The molecular formula is C60H38N2S2. The second kappa shape index (κ2) is 15.1. The van der Waals surface area contributed by atoms with Gasteiger partial charge in [-0.25, -0.2) is 9.97 Å². The van der Waals surface area contributed by atoms with Crippen LogP contribution in [-0.2, 0) is 0 Å². The van der Waals surface area contributed by atoms with E-state index in [1.54, 1.807) is 0 Å². The maximum Gasteiger partial charge on any atom is 0.157 e. The molecule has 0 saturated carbocycles. The van der Waals surface area contributed by atoms with Crippen molar-refractivity contribution in [1.29, 1.82) is 0 Å². The predicted octanol–water partition coefficient (Wildman–Crippen LogP) is 17.4. The molecule has 4 heteroatoms. The summed E-state index contributed by atoms with van der Waals surface area (Å²) in [5.74, 6) is 0.787. The second-order valence-electron chi connectivity index (χ2n) is 16.6. The fourth-order valence-corrected chi connectivity index (χ4v) is 12.6. The Labute approximate surface area is 378 Å². The minimum Gasteiger partial charge on any atom is -0.228 e. The van der Waals surface area contributed by atoms with Crippen LogP contribution in [0, 0.1) is 0 Å². The summed E-state index contributed by atoms with van der Waals surface area (Å²) in [6, 6.07) is 70.7. The Hall–Kier alpha value is -7.50. The van der Waals surface area contributed by atoms with Crippen LogP contribution >= 0.6 is 22.7 Å². The monoisotopic (exact) mass is 850 g/mol. The van der Waals surface area contributed by atoms with Crippen molar-refractivity contribution in [3.05, 3.63) is 218 Å². The van der Waals surface area contributed by atoms with Crippen LogP contribution < -0.4 is 0 Å². The van der Waals surface area contributed by atoms with E-state index < -0.39 is 0 Å². The molecule has 13 rings (SSSR count). The van der Waals surface area contributed by atoms with E-state index in [0.29, 0.717) is 0 Å². The summed E-state index contributed by atoms with van der Waals surface area (Å²) in [5.41, 5.74) is 12.7. The van der Waals surface area contributed by atoms with Gasteiger partial charge in [-0.1, -0.05) is 188 Å². The van der Waals surface area contributed by atoms with Gasteiger partial charge in [0.05, 0.1) is 11.4 Å². The summed E-state index contributed by atoms with van der Waals surface area (Å²) in [6.45, 7) is 0. The number of nitrogens with zero attached hydrogens (tertiary/aromatic N) is 2. The summed E-state index contributed by atoms with van der Waals surface area (Å²) < 4.78 is 5.07. The average molecular weight is 851 g/mol. The third kappa shape index (κ3) is 5.91. The van der Waals surface area contributed by atoms with Crippen LogP contribution in [0.1, 0.15) is 24.2 Å². The zero-order chi connectivity index (χ0) is 42.1. The first-order valence-corrected chi connectivity index (χ1v) is 23.6. The highest BCUT2D eigenvalue weighted by Crippen LogP contribution is 2.48. The van der Waals surface area contributed by atoms with Crippen molar-refractivity contribution in [2.75, 3.05) is 0 Å². The molecule has 0 radical (unpaired) electrons. The lowest BCUT2D eigenvalue weighted by Gasteiger charge is -2.23. The van der Waals surface area contributed by atoms with Crippen LogP contribution in [0.2, 0.25) is 0 Å². The fourth-order valence-electron chi connectivity index (χ4n) is 10.2. The summed E-state index contributed by atoms with van der Waals surface area (Å²) in [6.07, 6.45) is 6.43. The Morgan fingerprint density at radius 1 is 0.375 bits per heavy atom. The molecule has 0 unspecified atom stereocenters. The van der Waals surface area contributed by atoms with E-state index >= 15 is 0 Å². The van der Waals surface area contributed by atoms with Crippen LogP contribution in [0.15, 0.2) is 206 Å². The molecule has 2 nitrogen and oxygen atoms in total. The van der Waals surface area contributed by atoms with E-state index in [1.165, 1.54) is 101 Å². The molecule has 0 saturated heterocycles. The molecule has 1 aliphatic rings. The van der Waals surface area contributed by atoms with Crippen molar-refractivity contribution in [2.24, 2.45) is 0 Å². The molecular weight excluding hydrogens is 813 g/mol. The van der Waals surface area contributed by atoms with Gasteiger partial charge < -0.3 is 0 Å². The van der Waals surface area contributed by atoms with Gasteiger partial charge in [-0.15, -0.1) is 22.7 Å². The predicted molar refractivity (Wildman–Crippen MR) is 276 cm³/mol. The van der Waals surface area contributed by atoms with Crippen molar-refractivity contribution in [3.63, 3.8) is 0 Å². The number of thiophene rings is 2. The van der Waals surface area contributed by atoms with E-state index in [2.05, 4.69) is 206 Å². The normalized spacial score (nSPS) is 13.1. The minimum absolute atomic E-state index is 0.787.